The number of imide groups is 1. The van der Waals surface area contributed by atoms with Crippen molar-refractivity contribution in [2.24, 2.45) is 0 Å². The molecule has 5 nitrogen and oxygen atoms in total. The van der Waals surface area contributed by atoms with Gasteiger partial charge in [-0.05, 0) is 24.1 Å². The van der Waals surface area contributed by atoms with Gasteiger partial charge < -0.3 is 9.47 Å². The van der Waals surface area contributed by atoms with Gasteiger partial charge in [-0.1, -0.05) is 36.4 Å². The molecule has 5 rings (SSSR count). The highest BCUT2D eigenvalue weighted by atomic mass is 16.7. The van der Waals surface area contributed by atoms with Gasteiger partial charge in [0, 0.05) is 12.0 Å². The van der Waals surface area contributed by atoms with Gasteiger partial charge in [0.05, 0.1) is 30.4 Å². The van der Waals surface area contributed by atoms with Crippen LogP contribution in [-0.2, 0) is 15.3 Å². The summed E-state index contributed by atoms with van der Waals surface area (Å²) in [6.45, 7) is 1.12. The second kappa shape index (κ2) is 5.25. The van der Waals surface area contributed by atoms with Gasteiger partial charge in [-0.15, -0.1) is 0 Å². The molecule has 2 amide bonds. The number of rotatable bonds is 1. The minimum atomic E-state index is -0.730. The van der Waals surface area contributed by atoms with Crippen LogP contribution in [0.2, 0.25) is 0 Å². The Morgan fingerprint density at radius 2 is 1.48 bits per heavy atom. The lowest BCUT2D eigenvalue weighted by Gasteiger charge is -2.40. The summed E-state index contributed by atoms with van der Waals surface area (Å²) in [5, 5.41) is 0. The molecule has 0 N–H and O–H groups in total. The van der Waals surface area contributed by atoms with Crippen molar-refractivity contribution < 1.29 is 19.1 Å². The highest BCUT2D eigenvalue weighted by Crippen LogP contribution is 2.48. The summed E-state index contributed by atoms with van der Waals surface area (Å²) in [5.41, 5.74) is 2.84. The van der Waals surface area contributed by atoms with Gasteiger partial charge in [0.15, 0.2) is 5.79 Å². The largest absolute Gasteiger partial charge is 0.343 e. The Morgan fingerprint density at radius 1 is 0.880 bits per heavy atom. The van der Waals surface area contributed by atoms with Crippen LogP contribution in [0.4, 0.5) is 0 Å². The third kappa shape index (κ3) is 1.97. The monoisotopic (exact) mass is 335 g/mol. The summed E-state index contributed by atoms with van der Waals surface area (Å²) < 4.78 is 11.8. The third-order valence-electron chi connectivity index (χ3n) is 5.37. The molecule has 1 saturated heterocycles. The molecule has 1 aliphatic carbocycles. The maximum atomic E-state index is 12.9. The van der Waals surface area contributed by atoms with E-state index < -0.39 is 5.79 Å². The van der Waals surface area contributed by atoms with E-state index in [0.29, 0.717) is 37.2 Å². The van der Waals surface area contributed by atoms with Crippen LogP contribution in [-0.4, -0.2) is 29.9 Å². The Kier molecular flexibility index (Phi) is 3.11. The SMILES string of the molecule is O=C1c2ccccc2C(=O)N1C1CCC2(OCCO2)c2ccccc21. The van der Waals surface area contributed by atoms with E-state index in [2.05, 4.69) is 0 Å². The smallest absolute Gasteiger partial charge is 0.262 e. The number of carbonyl (C=O) groups is 2. The van der Waals surface area contributed by atoms with E-state index in [-0.39, 0.29) is 17.9 Å². The first-order chi connectivity index (χ1) is 12.2. The van der Waals surface area contributed by atoms with Crippen LogP contribution in [0.5, 0.6) is 0 Å². The third-order valence-corrected chi connectivity index (χ3v) is 5.37. The minimum absolute atomic E-state index is 0.218. The Morgan fingerprint density at radius 3 is 2.16 bits per heavy atom. The lowest BCUT2D eigenvalue weighted by atomic mass is 9.82. The van der Waals surface area contributed by atoms with E-state index in [9.17, 15) is 9.59 Å². The van der Waals surface area contributed by atoms with E-state index in [4.69, 9.17) is 9.47 Å². The van der Waals surface area contributed by atoms with E-state index >= 15 is 0 Å². The molecule has 3 aliphatic rings. The molecule has 1 unspecified atom stereocenters. The number of hydrogen-bond acceptors (Lipinski definition) is 4. The predicted molar refractivity (Wildman–Crippen MR) is 88.9 cm³/mol. The molecule has 0 saturated carbocycles. The zero-order valence-corrected chi connectivity index (χ0v) is 13.6. The predicted octanol–water partition coefficient (Wildman–Crippen LogP) is 3.02. The average Bonchev–Trinajstić information content (AvgIpc) is 3.22. The number of hydrogen-bond donors (Lipinski definition) is 0. The summed E-state index contributed by atoms with van der Waals surface area (Å²) in [6, 6.07) is 14.5. The van der Waals surface area contributed by atoms with Crippen molar-refractivity contribution in [2.75, 3.05) is 13.2 Å². The maximum Gasteiger partial charge on any atom is 0.262 e. The van der Waals surface area contributed by atoms with Gasteiger partial charge in [0.2, 0.25) is 0 Å². The van der Waals surface area contributed by atoms with E-state index in [1.54, 1.807) is 24.3 Å². The number of nitrogens with zero attached hydrogens (tertiary/aromatic N) is 1. The number of carbonyl (C=O) groups excluding carboxylic acids is 2. The number of benzene rings is 2. The van der Waals surface area contributed by atoms with Gasteiger partial charge in [-0.3, -0.25) is 14.5 Å². The highest BCUT2D eigenvalue weighted by Gasteiger charge is 2.49. The number of fused-ring (bicyclic) bond motifs is 3. The Hall–Kier alpha value is -2.50. The second-order valence-electron chi connectivity index (χ2n) is 6.62. The van der Waals surface area contributed by atoms with Crippen molar-refractivity contribution in [1.82, 2.24) is 4.90 Å². The summed E-state index contributed by atoms with van der Waals surface area (Å²) in [5.74, 6) is -1.17. The van der Waals surface area contributed by atoms with Crippen LogP contribution in [0.25, 0.3) is 0 Å². The van der Waals surface area contributed by atoms with Gasteiger partial charge in [-0.25, -0.2) is 0 Å². The average molecular weight is 335 g/mol. The van der Waals surface area contributed by atoms with Gasteiger partial charge in [0.25, 0.3) is 11.8 Å². The normalized spacial score (nSPS) is 23.8. The quantitative estimate of drug-likeness (QED) is 0.752. The molecule has 25 heavy (non-hydrogen) atoms. The zero-order valence-electron chi connectivity index (χ0n) is 13.6. The van der Waals surface area contributed by atoms with Crippen molar-refractivity contribution >= 4 is 11.8 Å². The molecule has 2 heterocycles. The van der Waals surface area contributed by atoms with Crippen LogP contribution in [0, 0.1) is 0 Å². The van der Waals surface area contributed by atoms with Crippen LogP contribution >= 0.6 is 0 Å². The van der Waals surface area contributed by atoms with Crippen molar-refractivity contribution in [3.8, 4) is 0 Å². The Bertz CT molecular complexity index is 850. The van der Waals surface area contributed by atoms with Crippen LogP contribution < -0.4 is 0 Å². The molecule has 0 aromatic heterocycles. The van der Waals surface area contributed by atoms with Crippen molar-refractivity contribution in [2.45, 2.75) is 24.7 Å². The molecule has 1 spiro atoms. The summed E-state index contributed by atoms with van der Waals surface area (Å²) in [6.07, 6.45) is 1.25. The van der Waals surface area contributed by atoms with Gasteiger partial charge in [-0.2, -0.15) is 0 Å². The van der Waals surface area contributed by atoms with E-state index in [1.807, 2.05) is 24.3 Å². The summed E-state index contributed by atoms with van der Waals surface area (Å²) >= 11 is 0. The highest BCUT2D eigenvalue weighted by molar-refractivity contribution is 6.21. The topological polar surface area (TPSA) is 55.8 Å². The lowest BCUT2D eigenvalue weighted by Crippen LogP contribution is -2.41. The number of amides is 2. The molecule has 2 aromatic carbocycles. The molecule has 5 heteroatoms. The maximum absolute atomic E-state index is 12.9. The fourth-order valence-electron chi connectivity index (χ4n) is 4.27. The molecule has 126 valence electrons. The van der Waals surface area contributed by atoms with E-state index in [1.165, 1.54) is 4.90 Å². The first-order valence-electron chi connectivity index (χ1n) is 8.55. The molecule has 2 aliphatic heterocycles. The Labute approximate surface area is 145 Å². The molecule has 1 atom stereocenters. The zero-order chi connectivity index (χ0) is 17.0. The first-order valence-corrected chi connectivity index (χ1v) is 8.55. The molecule has 0 bridgehead atoms. The van der Waals surface area contributed by atoms with Crippen molar-refractivity contribution in [3.05, 3.63) is 70.8 Å². The van der Waals surface area contributed by atoms with Crippen molar-refractivity contribution in [3.63, 3.8) is 0 Å². The molecule has 2 aromatic rings. The van der Waals surface area contributed by atoms with Crippen molar-refractivity contribution in [1.29, 1.82) is 0 Å². The Balaban J connectivity index is 1.60. The summed E-state index contributed by atoms with van der Waals surface area (Å²) in [4.78, 5) is 27.2. The second-order valence-corrected chi connectivity index (χ2v) is 6.62. The van der Waals surface area contributed by atoms with Crippen LogP contribution in [0.15, 0.2) is 48.5 Å². The standard InChI is InChI=1S/C20H17NO4/c22-18-13-5-1-2-6-14(13)19(23)21(18)17-9-10-20(24-11-12-25-20)16-8-4-3-7-15(16)17/h1-8,17H,9-12H2. The van der Waals surface area contributed by atoms with Gasteiger partial charge >= 0.3 is 0 Å². The molecular formula is C20H17NO4. The van der Waals surface area contributed by atoms with E-state index in [0.717, 1.165) is 11.1 Å². The summed E-state index contributed by atoms with van der Waals surface area (Å²) in [7, 11) is 0. The molecule has 1 fully saturated rings. The fourth-order valence-corrected chi connectivity index (χ4v) is 4.27. The van der Waals surface area contributed by atoms with Crippen LogP contribution in [0.3, 0.4) is 0 Å². The molecular weight excluding hydrogens is 318 g/mol. The number of ether oxygens (including phenoxy) is 2. The first kappa shape index (κ1) is 14.8. The van der Waals surface area contributed by atoms with Crippen LogP contribution in [0.1, 0.15) is 50.7 Å². The molecule has 0 radical (unpaired) electrons. The fraction of sp³-hybridized carbons (Fsp3) is 0.300. The minimum Gasteiger partial charge on any atom is -0.343 e. The van der Waals surface area contributed by atoms with Gasteiger partial charge in [0.1, 0.15) is 0 Å². The lowest BCUT2D eigenvalue weighted by molar-refractivity contribution is -0.179.